The second-order valence-corrected chi connectivity index (χ2v) is 6.55. The van der Waals surface area contributed by atoms with Crippen molar-refractivity contribution in [2.45, 2.75) is 18.8 Å². The highest BCUT2D eigenvalue weighted by Crippen LogP contribution is 2.34. The Labute approximate surface area is 146 Å². The number of hydrogen-bond acceptors (Lipinski definition) is 4. The van der Waals surface area contributed by atoms with E-state index in [2.05, 4.69) is 0 Å². The molecule has 134 valence electrons. The summed E-state index contributed by atoms with van der Waals surface area (Å²) in [5.41, 5.74) is 0.847. The number of benzene rings is 1. The summed E-state index contributed by atoms with van der Waals surface area (Å²) in [5, 5.41) is 9.56. The summed E-state index contributed by atoms with van der Waals surface area (Å²) in [4.78, 5) is 39.0. The third kappa shape index (κ3) is 3.60. The van der Waals surface area contributed by atoms with Crippen molar-refractivity contribution in [3.05, 3.63) is 29.8 Å². The molecular weight excluding hydrogens is 324 g/mol. The van der Waals surface area contributed by atoms with E-state index in [9.17, 15) is 19.5 Å². The summed E-state index contributed by atoms with van der Waals surface area (Å²) in [6.45, 7) is 1.14. The molecule has 2 aliphatic heterocycles. The molecule has 25 heavy (non-hydrogen) atoms. The van der Waals surface area contributed by atoms with Crippen molar-refractivity contribution in [3.8, 4) is 5.75 Å². The number of amides is 2. The molecule has 3 rings (SSSR count). The van der Waals surface area contributed by atoms with Gasteiger partial charge in [0.05, 0.1) is 19.6 Å². The molecule has 0 saturated carbocycles. The van der Waals surface area contributed by atoms with E-state index in [4.69, 9.17) is 4.74 Å². The first-order chi connectivity index (χ1) is 12.0. The second-order valence-electron chi connectivity index (χ2n) is 6.55. The smallest absolute Gasteiger partial charge is 0.308 e. The Balaban J connectivity index is 1.74. The van der Waals surface area contributed by atoms with Gasteiger partial charge in [0.15, 0.2) is 0 Å². The number of likely N-dealkylation sites (tertiary alicyclic amines) is 2. The Morgan fingerprint density at radius 2 is 2.12 bits per heavy atom. The lowest BCUT2D eigenvalue weighted by Crippen LogP contribution is -2.40. The maximum absolute atomic E-state index is 12.5. The minimum atomic E-state index is -0.916. The average molecular weight is 346 g/mol. The van der Waals surface area contributed by atoms with Gasteiger partial charge < -0.3 is 19.6 Å². The van der Waals surface area contributed by atoms with Crippen LogP contribution in [0.4, 0.5) is 0 Å². The fourth-order valence-electron chi connectivity index (χ4n) is 3.60. The number of hydrogen-bond donors (Lipinski definition) is 1. The molecule has 2 saturated heterocycles. The van der Waals surface area contributed by atoms with E-state index in [0.717, 1.165) is 12.0 Å². The van der Waals surface area contributed by atoms with Gasteiger partial charge in [-0.3, -0.25) is 14.4 Å². The van der Waals surface area contributed by atoms with E-state index in [1.54, 1.807) is 23.0 Å². The van der Waals surface area contributed by atoms with Crippen LogP contribution in [0, 0.1) is 5.92 Å². The molecule has 0 aliphatic carbocycles. The number of rotatable bonds is 5. The lowest BCUT2D eigenvalue weighted by atomic mass is 9.89. The number of nitrogens with zero attached hydrogens (tertiary/aromatic N) is 2. The van der Waals surface area contributed by atoms with Crippen LogP contribution in [0.5, 0.6) is 5.75 Å². The Kier molecular flexibility index (Phi) is 4.92. The number of carbonyl (C=O) groups excluding carboxylic acids is 2. The number of carbonyl (C=O) groups is 3. The molecule has 2 amide bonds. The highest BCUT2D eigenvalue weighted by atomic mass is 16.5. The van der Waals surface area contributed by atoms with Gasteiger partial charge in [0.25, 0.3) is 0 Å². The van der Waals surface area contributed by atoms with Gasteiger partial charge in [-0.05, 0) is 24.1 Å². The fraction of sp³-hybridized carbons (Fsp3) is 0.500. The van der Waals surface area contributed by atoms with Crippen LogP contribution in [-0.4, -0.2) is 66.0 Å². The summed E-state index contributed by atoms with van der Waals surface area (Å²) in [6, 6.07) is 7.30. The van der Waals surface area contributed by atoms with E-state index >= 15 is 0 Å². The van der Waals surface area contributed by atoms with Crippen LogP contribution in [-0.2, 0) is 14.4 Å². The van der Waals surface area contributed by atoms with Crippen molar-refractivity contribution in [3.63, 3.8) is 0 Å². The van der Waals surface area contributed by atoms with E-state index in [0.29, 0.717) is 25.3 Å². The molecule has 7 nitrogen and oxygen atoms in total. The zero-order valence-electron chi connectivity index (χ0n) is 14.2. The minimum absolute atomic E-state index is 0.00771. The van der Waals surface area contributed by atoms with Crippen molar-refractivity contribution < 1.29 is 24.2 Å². The molecule has 0 aromatic heterocycles. The van der Waals surface area contributed by atoms with Crippen LogP contribution in [0.1, 0.15) is 24.3 Å². The Morgan fingerprint density at radius 1 is 1.32 bits per heavy atom. The number of carboxylic acid groups (broad SMARTS) is 1. The van der Waals surface area contributed by atoms with Gasteiger partial charge in [0, 0.05) is 32.0 Å². The summed E-state index contributed by atoms with van der Waals surface area (Å²) in [6.07, 6.45) is 1.26. The second kappa shape index (κ2) is 7.13. The third-order valence-corrected chi connectivity index (χ3v) is 5.01. The predicted octanol–water partition coefficient (Wildman–Crippen LogP) is 0.944. The molecular formula is C18H22N2O5. The standard InChI is InChI=1S/C18H22N2O5/c1-25-13-5-2-4-12(8-13)14-9-20(10-15(14)18(23)24)17(22)11-19-7-3-6-16(19)21/h2,4-5,8,14-15H,3,6-7,9-11H2,1H3,(H,23,24)/t14-,15+/m0/s1. The van der Waals surface area contributed by atoms with Gasteiger partial charge in [-0.15, -0.1) is 0 Å². The van der Waals surface area contributed by atoms with Gasteiger partial charge in [-0.2, -0.15) is 0 Å². The fourth-order valence-corrected chi connectivity index (χ4v) is 3.60. The predicted molar refractivity (Wildman–Crippen MR) is 89.3 cm³/mol. The molecule has 2 aliphatic rings. The molecule has 1 aromatic rings. The molecule has 7 heteroatoms. The van der Waals surface area contributed by atoms with Crippen molar-refractivity contribution in [2.24, 2.45) is 5.92 Å². The third-order valence-electron chi connectivity index (χ3n) is 5.01. The lowest BCUT2D eigenvalue weighted by molar-refractivity contribution is -0.142. The molecule has 1 N–H and O–H groups in total. The van der Waals surface area contributed by atoms with Crippen LogP contribution in [0.15, 0.2) is 24.3 Å². The first kappa shape index (κ1) is 17.3. The molecule has 0 unspecified atom stereocenters. The van der Waals surface area contributed by atoms with Crippen molar-refractivity contribution >= 4 is 17.8 Å². The van der Waals surface area contributed by atoms with Crippen molar-refractivity contribution in [1.29, 1.82) is 0 Å². The largest absolute Gasteiger partial charge is 0.497 e. The summed E-state index contributed by atoms with van der Waals surface area (Å²) in [5.74, 6) is -1.40. The van der Waals surface area contributed by atoms with Crippen LogP contribution >= 0.6 is 0 Å². The molecule has 2 heterocycles. The number of aliphatic carboxylic acids is 1. The Bertz CT molecular complexity index is 690. The number of carboxylic acids is 1. The lowest BCUT2D eigenvalue weighted by Gasteiger charge is -2.21. The molecule has 0 bridgehead atoms. The molecule has 2 fully saturated rings. The molecule has 1 aromatic carbocycles. The maximum Gasteiger partial charge on any atom is 0.308 e. The first-order valence-electron chi connectivity index (χ1n) is 8.42. The number of methoxy groups -OCH3 is 1. The summed E-state index contributed by atoms with van der Waals surface area (Å²) in [7, 11) is 1.56. The van der Waals surface area contributed by atoms with Gasteiger partial charge in [0.1, 0.15) is 5.75 Å². The van der Waals surface area contributed by atoms with Crippen LogP contribution < -0.4 is 4.74 Å². The Morgan fingerprint density at radius 3 is 2.76 bits per heavy atom. The highest BCUT2D eigenvalue weighted by Gasteiger charge is 2.41. The average Bonchev–Trinajstić information content (AvgIpc) is 3.22. The van der Waals surface area contributed by atoms with E-state index in [1.165, 1.54) is 0 Å². The summed E-state index contributed by atoms with van der Waals surface area (Å²) >= 11 is 0. The maximum atomic E-state index is 12.5. The Hall–Kier alpha value is -2.57. The van der Waals surface area contributed by atoms with Gasteiger partial charge in [-0.1, -0.05) is 12.1 Å². The molecule has 2 atom stereocenters. The van der Waals surface area contributed by atoms with E-state index < -0.39 is 11.9 Å². The minimum Gasteiger partial charge on any atom is -0.497 e. The molecule has 0 radical (unpaired) electrons. The SMILES string of the molecule is COc1cccc([C@@H]2CN(C(=O)CN3CCCC3=O)C[C@H]2C(=O)O)c1. The van der Waals surface area contributed by atoms with E-state index in [-0.39, 0.29) is 30.8 Å². The van der Waals surface area contributed by atoms with Crippen molar-refractivity contribution in [1.82, 2.24) is 9.80 Å². The zero-order valence-corrected chi connectivity index (χ0v) is 14.2. The first-order valence-corrected chi connectivity index (χ1v) is 8.42. The zero-order chi connectivity index (χ0) is 18.0. The quantitative estimate of drug-likeness (QED) is 0.857. The monoisotopic (exact) mass is 346 g/mol. The molecule has 0 spiro atoms. The van der Waals surface area contributed by atoms with E-state index in [1.807, 2.05) is 18.2 Å². The van der Waals surface area contributed by atoms with Crippen molar-refractivity contribution in [2.75, 3.05) is 33.3 Å². The topological polar surface area (TPSA) is 87.2 Å². The van der Waals surface area contributed by atoms with Crippen LogP contribution in [0.3, 0.4) is 0 Å². The highest BCUT2D eigenvalue weighted by molar-refractivity contribution is 5.86. The normalized spacial score (nSPS) is 23.2. The van der Waals surface area contributed by atoms with Gasteiger partial charge in [0.2, 0.25) is 11.8 Å². The number of ether oxygens (including phenoxy) is 1. The van der Waals surface area contributed by atoms with Gasteiger partial charge >= 0.3 is 5.97 Å². The van der Waals surface area contributed by atoms with Gasteiger partial charge in [-0.25, -0.2) is 0 Å². The van der Waals surface area contributed by atoms with Crippen LogP contribution in [0.2, 0.25) is 0 Å². The summed E-state index contributed by atoms with van der Waals surface area (Å²) < 4.78 is 5.21. The van der Waals surface area contributed by atoms with Crippen LogP contribution in [0.25, 0.3) is 0 Å².